The predicted molar refractivity (Wildman–Crippen MR) is 63.8 cm³/mol. The third-order valence-electron chi connectivity index (χ3n) is 3.55. The minimum absolute atomic E-state index is 0.194. The van der Waals surface area contributed by atoms with E-state index in [0.29, 0.717) is 22.3 Å². The van der Waals surface area contributed by atoms with E-state index in [1.165, 1.54) is 0 Å². The largest absolute Gasteiger partial charge is 0.495 e. The van der Waals surface area contributed by atoms with Gasteiger partial charge < -0.3 is 19.9 Å². The van der Waals surface area contributed by atoms with E-state index in [0.717, 1.165) is 24.8 Å². The Kier molecular flexibility index (Phi) is 2.38. The van der Waals surface area contributed by atoms with Crippen LogP contribution in [0.2, 0.25) is 5.02 Å². The molecule has 4 nitrogen and oxygen atoms in total. The van der Waals surface area contributed by atoms with E-state index in [1.54, 1.807) is 7.11 Å². The maximum absolute atomic E-state index is 6.33. The Labute approximate surface area is 105 Å². The average molecular weight is 256 g/mol. The van der Waals surface area contributed by atoms with Gasteiger partial charge in [0, 0.05) is 11.1 Å². The van der Waals surface area contributed by atoms with Crippen molar-refractivity contribution >= 4 is 11.6 Å². The second kappa shape index (κ2) is 3.68. The van der Waals surface area contributed by atoms with Crippen molar-refractivity contribution < 1.29 is 14.2 Å². The molecule has 0 saturated heterocycles. The van der Waals surface area contributed by atoms with E-state index < -0.39 is 0 Å². The van der Waals surface area contributed by atoms with E-state index in [9.17, 15) is 0 Å². The molecule has 5 heteroatoms. The van der Waals surface area contributed by atoms with Crippen molar-refractivity contribution in [2.24, 2.45) is 5.73 Å². The molecule has 0 bridgehead atoms. The Bertz CT molecular complexity index is 471. The summed E-state index contributed by atoms with van der Waals surface area (Å²) in [6.07, 6.45) is 3.02. The van der Waals surface area contributed by atoms with Crippen molar-refractivity contribution in [2.75, 3.05) is 13.9 Å². The van der Waals surface area contributed by atoms with Gasteiger partial charge in [-0.2, -0.15) is 0 Å². The van der Waals surface area contributed by atoms with Crippen LogP contribution in [0.3, 0.4) is 0 Å². The highest BCUT2D eigenvalue weighted by Crippen LogP contribution is 2.52. The molecule has 1 aliphatic heterocycles. The first-order valence-electron chi connectivity index (χ1n) is 5.61. The highest BCUT2D eigenvalue weighted by atomic mass is 35.5. The van der Waals surface area contributed by atoms with Crippen LogP contribution in [0.25, 0.3) is 0 Å². The molecule has 0 spiro atoms. The minimum Gasteiger partial charge on any atom is -0.495 e. The van der Waals surface area contributed by atoms with Gasteiger partial charge in [0.1, 0.15) is 10.8 Å². The molecule has 2 N–H and O–H groups in total. The van der Waals surface area contributed by atoms with Crippen LogP contribution in [0.1, 0.15) is 24.8 Å². The van der Waals surface area contributed by atoms with Crippen LogP contribution in [0.5, 0.6) is 17.2 Å². The molecule has 92 valence electrons. The van der Waals surface area contributed by atoms with E-state index in [2.05, 4.69) is 0 Å². The van der Waals surface area contributed by atoms with E-state index in [-0.39, 0.29) is 12.3 Å². The molecule has 1 aromatic rings. The first-order chi connectivity index (χ1) is 8.15. The molecular weight excluding hydrogens is 242 g/mol. The molecule has 0 unspecified atom stereocenters. The predicted octanol–water partition coefficient (Wildman–Crippen LogP) is 2.42. The van der Waals surface area contributed by atoms with Crippen molar-refractivity contribution in [2.45, 2.75) is 24.8 Å². The third kappa shape index (κ3) is 1.47. The smallest absolute Gasteiger partial charge is 0.231 e. The number of rotatable bonds is 2. The highest BCUT2D eigenvalue weighted by molar-refractivity contribution is 6.34. The standard InChI is InChI=1S/C12H14ClNO3/c1-15-10-7(12(14)3-2-4-12)5-8-11(9(10)13)17-6-16-8/h5H,2-4,6,14H2,1H3. The summed E-state index contributed by atoms with van der Waals surface area (Å²) < 4.78 is 16.1. The summed E-state index contributed by atoms with van der Waals surface area (Å²) in [5.41, 5.74) is 6.91. The molecular formula is C12H14ClNO3. The maximum atomic E-state index is 6.33. The normalized spacial score (nSPS) is 19.9. The summed E-state index contributed by atoms with van der Waals surface area (Å²) in [6, 6.07) is 1.90. The molecule has 1 saturated carbocycles. The van der Waals surface area contributed by atoms with Crippen molar-refractivity contribution in [1.82, 2.24) is 0 Å². The van der Waals surface area contributed by atoms with Gasteiger partial charge in [0.15, 0.2) is 11.5 Å². The molecule has 0 radical (unpaired) electrons. The van der Waals surface area contributed by atoms with Gasteiger partial charge in [-0.3, -0.25) is 0 Å². The van der Waals surface area contributed by atoms with Gasteiger partial charge in [0.05, 0.1) is 7.11 Å². The lowest BCUT2D eigenvalue weighted by Gasteiger charge is -2.39. The van der Waals surface area contributed by atoms with Gasteiger partial charge in [0.25, 0.3) is 0 Å². The van der Waals surface area contributed by atoms with Gasteiger partial charge in [-0.05, 0) is 25.3 Å². The van der Waals surface area contributed by atoms with Gasteiger partial charge in [-0.1, -0.05) is 11.6 Å². The number of hydrogen-bond donors (Lipinski definition) is 1. The number of benzene rings is 1. The topological polar surface area (TPSA) is 53.7 Å². The molecule has 0 amide bonds. The van der Waals surface area contributed by atoms with Crippen molar-refractivity contribution in [3.63, 3.8) is 0 Å². The fourth-order valence-electron chi connectivity index (χ4n) is 2.38. The number of halogens is 1. The average Bonchev–Trinajstić information content (AvgIpc) is 2.74. The second-order valence-corrected chi connectivity index (χ2v) is 4.89. The number of nitrogens with two attached hydrogens (primary N) is 1. The van der Waals surface area contributed by atoms with Gasteiger partial charge in [0.2, 0.25) is 6.79 Å². The quantitative estimate of drug-likeness (QED) is 0.882. The molecule has 0 aromatic heterocycles. The van der Waals surface area contributed by atoms with E-state index in [1.807, 2.05) is 6.07 Å². The SMILES string of the molecule is COc1c(C2(N)CCC2)cc2c(c1Cl)OCO2. The summed E-state index contributed by atoms with van der Waals surface area (Å²) in [5, 5.41) is 0.453. The first-order valence-corrected chi connectivity index (χ1v) is 5.99. The number of ether oxygens (including phenoxy) is 3. The zero-order chi connectivity index (χ0) is 12.0. The zero-order valence-electron chi connectivity index (χ0n) is 9.59. The van der Waals surface area contributed by atoms with Gasteiger partial charge in [-0.25, -0.2) is 0 Å². The Morgan fingerprint density at radius 2 is 2.18 bits per heavy atom. The second-order valence-electron chi connectivity index (χ2n) is 4.51. The van der Waals surface area contributed by atoms with Crippen LogP contribution >= 0.6 is 11.6 Å². The number of methoxy groups -OCH3 is 1. The fourth-order valence-corrected chi connectivity index (χ4v) is 2.71. The molecule has 1 aliphatic carbocycles. The summed E-state index contributed by atoms with van der Waals surface area (Å²) in [6.45, 7) is 0.194. The molecule has 0 atom stereocenters. The summed E-state index contributed by atoms with van der Waals surface area (Å²) in [4.78, 5) is 0. The lowest BCUT2D eigenvalue weighted by molar-refractivity contribution is 0.173. The minimum atomic E-state index is -0.337. The van der Waals surface area contributed by atoms with Crippen molar-refractivity contribution in [1.29, 1.82) is 0 Å². The van der Waals surface area contributed by atoms with Gasteiger partial charge >= 0.3 is 0 Å². The van der Waals surface area contributed by atoms with Crippen LogP contribution < -0.4 is 19.9 Å². The molecule has 1 heterocycles. The van der Waals surface area contributed by atoms with Crippen LogP contribution in [-0.2, 0) is 5.54 Å². The third-order valence-corrected chi connectivity index (χ3v) is 3.89. The van der Waals surface area contributed by atoms with E-state index >= 15 is 0 Å². The van der Waals surface area contributed by atoms with Crippen molar-refractivity contribution in [3.05, 3.63) is 16.7 Å². The molecule has 3 rings (SSSR count). The summed E-state index contributed by atoms with van der Waals surface area (Å²) in [7, 11) is 1.59. The van der Waals surface area contributed by atoms with Crippen LogP contribution in [0.15, 0.2) is 6.07 Å². The summed E-state index contributed by atoms with van der Waals surface area (Å²) in [5.74, 6) is 1.82. The van der Waals surface area contributed by atoms with Gasteiger partial charge in [-0.15, -0.1) is 0 Å². The van der Waals surface area contributed by atoms with E-state index in [4.69, 9.17) is 31.5 Å². The Balaban J connectivity index is 2.17. The molecule has 17 heavy (non-hydrogen) atoms. The molecule has 1 aromatic carbocycles. The van der Waals surface area contributed by atoms with Crippen LogP contribution in [0.4, 0.5) is 0 Å². The van der Waals surface area contributed by atoms with Crippen LogP contribution in [-0.4, -0.2) is 13.9 Å². The summed E-state index contributed by atoms with van der Waals surface area (Å²) >= 11 is 6.26. The van der Waals surface area contributed by atoms with Crippen molar-refractivity contribution in [3.8, 4) is 17.2 Å². The lowest BCUT2D eigenvalue weighted by Crippen LogP contribution is -2.43. The number of fused-ring (bicyclic) bond motifs is 1. The monoisotopic (exact) mass is 255 g/mol. The molecule has 2 aliphatic rings. The Morgan fingerprint density at radius 3 is 2.76 bits per heavy atom. The maximum Gasteiger partial charge on any atom is 0.231 e. The number of hydrogen-bond acceptors (Lipinski definition) is 4. The molecule has 1 fully saturated rings. The zero-order valence-corrected chi connectivity index (χ0v) is 10.3. The fraction of sp³-hybridized carbons (Fsp3) is 0.500. The van der Waals surface area contributed by atoms with Crippen LogP contribution in [0, 0.1) is 0 Å². The Hall–Kier alpha value is -1.13. The first kappa shape index (κ1) is 11.0. The Morgan fingerprint density at radius 1 is 1.41 bits per heavy atom. The highest BCUT2D eigenvalue weighted by Gasteiger charge is 2.39. The lowest BCUT2D eigenvalue weighted by atomic mass is 9.72.